The molecule has 6 nitrogen and oxygen atoms in total. The fourth-order valence-electron chi connectivity index (χ4n) is 3.64. The van der Waals surface area contributed by atoms with E-state index in [0.717, 1.165) is 43.8 Å². The topological polar surface area (TPSA) is 70.7 Å². The van der Waals surface area contributed by atoms with E-state index in [1.165, 1.54) is 0 Å². The zero-order chi connectivity index (χ0) is 17.6. The fourth-order valence-corrected chi connectivity index (χ4v) is 3.64. The lowest BCUT2D eigenvalue weighted by Gasteiger charge is -2.22. The van der Waals surface area contributed by atoms with Gasteiger partial charge in [0, 0.05) is 31.1 Å². The van der Waals surface area contributed by atoms with Crippen LogP contribution in [-0.4, -0.2) is 44.6 Å². The molecule has 0 spiro atoms. The van der Waals surface area contributed by atoms with Crippen LogP contribution in [0.25, 0.3) is 0 Å². The number of carbonyl (C=O) groups is 2. The number of halogens is 1. The first-order valence-electron chi connectivity index (χ1n) is 9.10. The quantitative estimate of drug-likeness (QED) is 0.791. The standard InChI is InChI=1S/C19H27N3O3.ClH/c1-25-17-4-2-3-16(12-17)22-13-15(11-19(22)24)21-18(23)6-5-14-7-9-20-10-8-14;/h2-4,12,14-15,20H,5-11,13H2,1H3,(H,21,23);1H. The number of ether oxygens (including phenoxy) is 1. The zero-order valence-electron chi connectivity index (χ0n) is 15.2. The molecule has 3 rings (SSSR count). The van der Waals surface area contributed by atoms with E-state index in [2.05, 4.69) is 10.6 Å². The van der Waals surface area contributed by atoms with E-state index >= 15 is 0 Å². The van der Waals surface area contributed by atoms with Gasteiger partial charge in [0.2, 0.25) is 11.8 Å². The third kappa shape index (κ3) is 5.35. The number of amides is 2. The second kappa shape index (κ2) is 9.78. The lowest BCUT2D eigenvalue weighted by atomic mass is 9.93. The first-order valence-corrected chi connectivity index (χ1v) is 9.10. The van der Waals surface area contributed by atoms with Crippen LogP contribution in [0.15, 0.2) is 24.3 Å². The van der Waals surface area contributed by atoms with Crippen molar-refractivity contribution in [2.45, 2.75) is 38.1 Å². The first kappa shape index (κ1) is 20.5. The highest BCUT2D eigenvalue weighted by atomic mass is 35.5. The van der Waals surface area contributed by atoms with Gasteiger partial charge in [-0.2, -0.15) is 0 Å². The van der Waals surface area contributed by atoms with E-state index in [1.54, 1.807) is 12.0 Å². The molecule has 2 saturated heterocycles. The van der Waals surface area contributed by atoms with E-state index in [0.29, 0.717) is 25.3 Å². The SMILES string of the molecule is COc1cccc(N2CC(NC(=O)CCC3CCNCC3)CC2=O)c1.Cl. The lowest BCUT2D eigenvalue weighted by molar-refractivity contribution is -0.122. The number of nitrogens with zero attached hydrogens (tertiary/aromatic N) is 1. The predicted octanol–water partition coefficient (Wildman–Crippen LogP) is 2.12. The number of nitrogens with one attached hydrogen (secondary N) is 2. The smallest absolute Gasteiger partial charge is 0.229 e. The van der Waals surface area contributed by atoms with Gasteiger partial charge in [-0.25, -0.2) is 0 Å². The molecule has 1 unspecified atom stereocenters. The van der Waals surface area contributed by atoms with Gasteiger partial charge in [-0.1, -0.05) is 6.07 Å². The molecule has 0 aromatic heterocycles. The van der Waals surface area contributed by atoms with Crippen molar-refractivity contribution in [3.63, 3.8) is 0 Å². The van der Waals surface area contributed by atoms with Gasteiger partial charge in [-0.05, 0) is 50.4 Å². The Morgan fingerprint density at radius 1 is 1.35 bits per heavy atom. The molecular formula is C19H28ClN3O3. The van der Waals surface area contributed by atoms with Gasteiger partial charge >= 0.3 is 0 Å². The van der Waals surface area contributed by atoms with E-state index in [4.69, 9.17) is 4.74 Å². The molecule has 2 heterocycles. The highest BCUT2D eigenvalue weighted by Crippen LogP contribution is 2.25. The van der Waals surface area contributed by atoms with Crippen molar-refractivity contribution < 1.29 is 14.3 Å². The summed E-state index contributed by atoms with van der Waals surface area (Å²) >= 11 is 0. The van der Waals surface area contributed by atoms with Crippen molar-refractivity contribution in [2.75, 3.05) is 31.6 Å². The van der Waals surface area contributed by atoms with Crippen molar-refractivity contribution in [1.29, 1.82) is 0 Å². The highest BCUT2D eigenvalue weighted by molar-refractivity contribution is 5.97. The molecule has 2 aliphatic heterocycles. The van der Waals surface area contributed by atoms with Crippen LogP contribution >= 0.6 is 12.4 Å². The molecule has 7 heteroatoms. The lowest BCUT2D eigenvalue weighted by Crippen LogP contribution is -2.37. The number of piperidine rings is 1. The molecule has 2 amide bonds. The molecule has 0 radical (unpaired) electrons. The maximum absolute atomic E-state index is 12.3. The summed E-state index contributed by atoms with van der Waals surface area (Å²) in [7, 11) is 1.61. The first-order chi connectivity index (χ1) is 12.2. The molecule has 0 saturated carbocycles. The van der Waals surface area contributed by atoms with Gasteiger partial charge < -0.3 is 20.3 Å². The molecule has 2 aliphatic rings. The van der Waals surface area contributed by atoms with Crippen LogP contribution in [0.4, 0.5) is 5.69 Å². The summed E-state index contributed by atoms with van der Waals surface area (Å²) in [6.07, 6.45) is 4.15. The van der Waals surface area contributed by atoms with Crippen LogP contribution < -0.4 is 20.3 Å². The molecule has 144 valence electrons. The molecule has 1 atom stereocenters. The molecular weight excluding hydrogens is 354 g/mol. The summed E-state index contributed by atoms with van der Waals surface area (Å²) in [5, 5.41) is 6.37. The van der Waals surface area contributed by atoms with Crippen molar-refractivity contribution in [2.24, 2.45) is 5.92 Å². The average molecular weight is 382 g/mol. The Kier molecular flexibility index (Phi) is 7.72. The van der Waals surface area contributed by atoms with Crippen molar-refractivity contribution in [3.8, 4) is 5.75 Å². The van der Waals surface area contributed by atoms with Crippen molar-refractivity contribution in [1.82, 2.24) is 10.6 Å². The third-order valence-electron chi connectivity index (χ3n) is 5.09. The predicted molar refractivity (Wildman–Crippen MR) is 104 cm³/mol. The number of anilines is 1. The van der Waals surface area contributed by atoms with E-state index in [9.17, 15) is 9.59 Å². The van der Waals surface area contributed by atoms with Crippen molar-refractivity contribution in [3.05, 3.63) is 24.3 Å². The van der Waals surface area contributed by atoms with Crippen molar-refractivity contribution >= 4 is 29.9 Å². The van der Waals surface area contributed by atoms with Crippen LogP contribution in [0.1, 0.15) is 32.1 Å². The second-order valence-electron chi connectivity index (χ2n) is 6.91. The monoisotopic (exact) mass is 381 g/mol. The number of rotatable bonds is 6. The Labute approximate surface area is 161 Å². The molecule has 1 aromatic rings. The minimum Gasteiger partial charge on any atom is -0.497 e. The Hall–Kier alpha value is -1.79. The number of benzene rings is 1. The minimum absolute atomic E-state index is 0. The maximum atomic E-state index is 12.3. The molecule has 26 heavy (non-hydrogen) atoms. The van der Waals surface area contributed by atoms with E-state index in [1.807, 2.05) is 24.3 Å². The minimum atomic E-state index is -0.112. The van der Waals surface area contributed by atoms with Crippen LogP contribution in [0.2, 0.25) is 0 Å². The van der Waals surface area contributed by atoms with Gasteiger partial charge in [0.05, 0.1) is 13.2 Å². The molecule has 0 bridgehead atoms. The number of hydrogen-bond acceptors (Lipinski definition) is 4. The summed E-state index contributed by atoms with van der Waals surface area (Å²) in [5.41, 5.74) is 0.816. The number of carbonyl (C=O) groups excluding carboxylic acids is 2. The van der Waals surface area contributed by atoms with E-state index in [-0.39, 0.29) is 30.3 Å². The Balaban J connectivity index is 0.00000243. The summed E-state index contributed by atoms with van der Waals surface area (Å²) in [6, 6.07) is 7.34. The van der Waals surface area contributed by atoms with Gasteiger partial charge in [0.15, 0.2) is 0 Å². The van der Waals surface area contributed by atoms with Gasteiger partial charge in [-0.3, -0.25) is 9.59 Å². The third-order valence-corrected chi connectivity index (χ3v) is 5.09. The largest absolute Gasteiger partial charge is 0.497 e. The molecule has 1 aromatic carbocycles. The molecule has 2 N–H and O–H groups in total. The van der Waals surface area contributed by atoms with Gasteiger partial charge in [-0.15, -0.1) is 12.4 Å². The van der Waals surface area contributed by atoms with Crippen LogP contribution in [-0.2, 0) is 9.59 Å². The Morgan fingerprint density at radius 2 is 2.12 bits per heavy atom. The Morgan fingerprint density at radius 3 is 2.85 bits per heavy atom. The maximum Gasteiger partial charge on any atom is 0.229 e. The van der Waals surface area contributed by atoms with Gasteiger partial charge in [0.1, 0.15) is 5.75 Å². The average Bonchev–Trinajstić information content (AvgIpc) is 3.01. The number of methoxy groups -OCH3 is 1. The second-order valence-corrected chi connectivity index (χ2v) is 6.91. The normalized spacial score (nSPS) is 20.6. The summed E-state index contributed by atoms with van der Waals surface area (Å²) in [4.78, 5) is 26.2. The molecule has 2 fully saturated rings. The fraction of sp³-hybridized carbons (Fsp3) is 0.579. The highest BCUT2D eigenvalue weighted by Gasteiger charge is 2.31. The van der Waals surface area contributed by atoms with Crippen LogP contribution in [0, 0.1) is 5.92 Å². The van der Waals surface area contributed by atoms with Crippen LogP contribution in [0.3, 0.4) is 0 Å². The summed E-state index contributed by atoms with van der Waals surface area (Å²) in [5.74, 6) is 1.46. The van der Waals surface area contributed by atoms with Crippen LogP contribution in [0.5, 0.6) is 5.75 Å². The molecule has 0 aliphatic carbocycles. The Bertz CT molecular complexity index is 620. The number of hydrogen-bond donors (Lipinski definition) is 2. The van der Waals surface area contributed by atoms with E-state index < -0.39 is 0 Å². The summed E-state index contributed by atoms with van der Waals surface area (Å²) < 4.78 is 5.22. The summed E-state index contributed by atoms with van der Waals surface area (Å²) in [6.45, 7) is 2.63. The van der Waals surface area contributed by atoms with Gasteiger partial charge in [0.25, 0.3) is 0 Å². The zero-order valence-corrected chi connectivity index (χ0v) is 16.0.